The van der Waals surface area contributed by atoms with Crippen molar-refractivity contribution in [2.75, 3.05) is 24.6 Å². The summed E-state index contributed by atoms with van der Waals surface area (Å²) < 4.78 is 23.3. The fraction of sp³-hybridized carbons (Fsp3) is 0.929. The first-order valence-corrected chi connectivity index (χ1v) is 9.35. The molecule has 2 N–H and O–H groups in total. The van der Waals surface area contributed by atoms with E-state index in [4.69, 9.17) is 5.73 Å². The lowest BCUT2D eigenvalue weighted by atomic mass is 9.77. The molecule has 1 fully saturated rings. The monoisotopic (exact) mass is 304 g/mol. The van der Waals surface area contributed by atoms with Gasteiger partial charge in [-0.3, -0.25) is 4.79 Å². The van der Waals surface area contributed by atoms with E-state index in [0.29, 0.717) is 13.1 Å². The molecule has 6 heteroatoms. The van der Waals surface area contributed by atoms with Crippen molar-refractivity contribution in [1.82, 2.24) is 4.90 Å². The van der Waals surface area contributed by atoms with Crippen LogP contribution in [0.2, 0.25) is 0 Å². The molecule has 1 amide bonds. The lowest BCUT2D eigenvalue weighted by molar-refractivity contribution is -0.144. The Bertz CT molecular complexity index is 428. The van der Waals surface area contributed by atoms with E-state index in [9.17, 15) is 13.2 Å². The number of amides is 1. The van der Waals surface area contributed by atoms with Gasteiger partial charge in [-0.25, -0.2) is 8.42 Å². The van der Waals surface area contributed by atoms with E-state index in [1.165, 1.54) is 0 Å². The maximum Gasteiger partial charge on any atom is 0.230 e. The molecule has 1 aliphatic heterocycles. The van der Waals surface area contributed by atoms with Gasteiger partial charge < -0.3 is 10.6 Å². The number of carbonyl (C=O) groups excluding carboxylic acids is 1. The molecule has 1 aliphatic rings. The number of hydrogen-bond donors (Lipinski definition) is 1. The molecule has 118 valence electrons. The van der Waals surface area contributed by atoms with Gasteiger partial charge in [0, 0.05) is 19.1 Å². The maximum atomic E-state index is 12.9. The number of nitrogens with zero attached hydrogens (tertiary/aromatic N) is 1. The average Bonchev–Trinajstić information content (AvgIpc) is 2.36. The lowest BCUT2D eigenvalue weighted by Crippen LogP contribution is -2.56. The Morgan fingerprint density at radius 1 is 1.30 bits per heavy atom. The molecule has 1 atom stereocenters. The van der Waals surface area contributed by atoms with Gasteiger partial charge in [0.25, 0.3) is 0 Å². The molecule has 0 aromatic heterocycles. The summed E-state index contributed by atoms with van der Waals surface area (Å²) in [5.41, 5.74) is 5.41. The van der Waals surface area contributed by atoms with Gasteiger partial charge in [-0.05, 0) is 19.8 Å². The second-order valence-electron chi connectivity index (χ2n) is 5.95. The SMILES string of the molecule is CCCC(CN)(CCC)C(=O)N1CCS(=O)(=O)CC1C. The number of sulfone groups is 1. The van der Waals surface area contributed by atoms with E-state index in [2.05, 4.69) is 13.8 Å². The van der Waals surface area contributed by atoms with Crippen molar-refractivity contribution in [3.63, 3.8) is 0 Å². The lowest BCUT2D eigenvalue weighted by Gasteiger charge is -2.41. The van der Waals surface area contributed by atoms with Crippen LogP contribution in [0.5, 0.6) is 0 Å². The second-order valence-corrected chi connectivity index (χ2v) is 8.18. The largest absolute Gasteiger partial charge is 0.337 e. The number of hydrogen-bond acceptors (Lipinski definition) is 4. The van der Waals surface area contributed by atoms with Gasteiger partial charge in [-0.15, -0.1) is 0 Å². The molecule has 0 saturated carbocycles. The van der Waals surface area contributed by atoms with Gasteiger partial charge >= 0.3 is 0 Å². The highest BCUT2D eigenvalue weighted by Gasteiger charge is 2.42. The van der Waals surface area contributed by atoms with Gasteiger partial charge in [-0.1, -0.05) is 26.7 Å². The summed E-state index contributed by atoms with van der Waals surface area (Å²) in [5.74, 6) is 0.186. The van der Waals surface area contributed by atoms with Crippen molar-refractivity contribution in [3.05, 3.63) is 0 Å². The average molecular weight is 304 g/mol. The number of carbonyl (C=O) groups is 1. The molecular weight excluding hydrogens is 276 g/mol. The predicted molar refractivity (Wildman–Crippen MR) is 81.1 cm³/mol. The Morgan fingerprint density at radius 2 is 1.85 bits per heavy atom. The molecule has 1 heterocycles. The van der Waals surface area contributed by atoms with Crippen LogP contribution in [0.25, 0.3) is 0 Å². The molecule has 1 unspecified atom stereocenters. The fourth-order valence-electron chi connectivity index (χ4n) is 3.19. The van der Waals surface area contributed by atoms with Crippen LogP contribution in [0.15, 0.2) is 0 Å². The fourth-order valence-corrected chi connectivity index (χ4v) is 4.75. The summed E-state index contributed by atoms with van der Waals surface area (Å²) in [6.45, 7) is 6.56. The van der Waals surface area contributed by atoms with E-state index < -0.39 is 15.3 Å². The second kappa shape index (κ2) is 6.89. The molecule has 0 bridgehead atoms. The molecule has 1 saturated heterocycles. The minimum atomic E-state index is -3.00. The third-order valence-corrected chi connectivity index (χ3v) is 6.03. The molecule has 5 nitrogen and oxygen atoms in total. The molecule has 0 radical (unpaired) electrons. The smallest absolute Gasteiger partial charge is 0.230 e. The van der Waals surface area contributed by atoms with Gasteiger partial charge in [0.2, 0.25) is 5.91 Å². The van der Waals surface area contributed by atoms with E-state index in [1.807, 2.05) is 6.92 Å². The summed E-state index contributed by atoms with van der Waals surface area (Å²) in [6, 6.07) is -0.249. The summed E-state index contributed by atoms with van der Waals surface area (Å²) in [4.78, 5) is 14.6. The molecule has 0 aromatic carbocycles. The van der Waals surface area contributed by atoms with E-state index >= 15 is 0 Å². The normalized spacial score (nSPS) is 22.8. The van der Waals surface area contributed by atoms with Crippen LogP contribution in [-0.4, -0.2) is 49.9 Å². The number of rotatable bonds is 6. The zero-order valence-electron chi connectivity index (χ0n) is 12.9. The quantitative estimate of drug-likeness (QED) is 0.799. The Kier molecular flexibility index (Phi) is 6.01. The van der Waals surface area contributed by atoms with E-state index in [1.54, 1.807) is 4.90 Å². The molecule has 0 aromatic rings. The van der Waals surface area contributed by atoms with Crippen LogP contribution in [0.1, 0.15) is 46.5 Å². The first kappa shape index (κ1) is 17.4. The van der Waals surface area contributed by atoms with Crippen molar-refractivity contribution in [2.24, 2.45) is 11.1 Å². The minimum Gasteiger partial charge on any atom is -0.337 e. The molecule has 20 heavy (non-hydrogen) atoms. The van der Waals surface area contributed by atoms with Crippen LogP contribution < -0.4 is 5.73 Å². The zero-order valence-corrected chi connectivity index (χ0v) is 13.7. The highest BCUT2D eigenvalue weighted by molar-refractivity contribution is 7.91. The van der Waals surface area contributed by atoms with Crippen LogP contribution in [0, 0.1) is 5.41 Å². The molecule has 0 aliphatic carbocycles. The van der Waals surface area contributed by atoms with Crippen molar-refractivity contribution in [1.29, 1.82) is 0 Å². The summed E-state index contributed by atoms with van der Waals surface area (Å²) >= 11 is 0. The van der Waals surface area contributed by atoms with Crippen molar-refractivity contribution < 1.29 is 13.2 Å². The van der Waals surface area contributed by atoms with Gasteiger partial charge in [0.05, 0.1) is 16.9 Å². The Hall–Kier alpha value is -0.620. The van der Waals surface area contributed by atoms with Crippen LogP contribution in [0.3, 0.4) is 0 Å². The minimum absolute atomic E-state index is 0.0473. The Labute approximate surface area is 122 Å². The highest BCUT2D eigenvalue weighted by Crippen LogP contribution is 2.32. The first-order valence-electron chi connectivity index (χ1n) is 7.53. The van der Waals surface area contributed by atoms with Crippen LogP contribution in [0.4, 0.5) is 0 Å². The Morgan fingerprint density at radius 3 is 2.25 bits per heavy atom. The van der Waals surface area contributed by atoms with E-state index in [-0.39, 0.29) is 23.5 Å². The van der Waals surface area contributed by atoms with Crippen molar-refractivity contribution >= 4 is 15.7 Å². The van der Waals surface area contributed by atoms with Crippen LogP contribution in [-0.2, 0) is 14.6 Å². The van der Waals surface area contributed by atoms with Crippen LogP contribution >= 0.6 is 0 Å². The summed E-state index contributed by atoms with van der Waals surface area (Å²) in [5, 5.41) is 0. The predicted octanol–water partition coefficient (Wildman–Crippen LogP) is 1.18. The standard InChI is InChI=1S/C14H28N2O3S/c1-4-6-14(11-15,7-5-2)13(17)16-8-9-20(18,19)10-12(16)3/h12H,4-11,15H2,1-3H3. The van der Waals surface area contributed by atoms with Gasteiger partial charge in [-0.2, -0.15) is 0 Å². The third-order valence-electron chi connectivity index (χ3n) is 4.23. The van der Waals surface area contributed by atoms with E-state index in [0.717, 1.165) is 25.7 Å². The van der Waals surface area contributed by atoms with Gasteiger partial charge in [0.1, 0.15) is 0 Å². The topological polar surface area (TPSA) is 80.5 Å². The first-order chi connectivity index (χ1) is 9.32. The van der Waals surface area contributed by atoms with Gasteiger partial charge in [0.15, 0.2) is 9.84 Å². The van der Waals surface area contributed by atoms with Crippen molar-refractivity contribution in [2.45, 2.75) is 52.5 Å². The Balaban J connectivity index is 2.95. The molecule has 0 spiro atoms. The summed E-state index contributed by atoms with van der Waals surface area (Å²) in [6.07, 6.45) is 3.35. The molecular formula is C14H28N2O3S. The number of nitrogens with two attached hydrogens (primary N) is 1. The highest BCUT2D eigenvalue weighted by atomic mass is 32.2. The maximum absolute atomic E-state index is 12.9. The summed E-state index contributed by atoms with van der Waals surface area (Å²) in [7, 11) is -3.00. The molecule has 1 rings (SSSR count). The third kappa shape index (κ3) is 3.73. The van der Waals surface area contributed by atoms with Crippen molar-refractivity contribution in [3.8, 4) is 0 Å². The zero-order chi connectivity index (χ0) is 15.4.